The van der Waals surface area contributed by atoms with Crippen LogP contribution in [0.15, 0.2) is 42.7 Å². The van der Waals surface area contributed by atoms with Gasteiger partial charge in [-0.3, -0.25) is 14.8 Å². The van der Waals surface area contributed by atoms with Crippen LogP contribution < -0.4 is 0 Å². The Morgan fingerprint density at radius 1 is 1.21 bits per heavy atom. The lowest BCUT2D eigenvalue weighted by Crippen LogP contribution is -2.44. The quantitative estimate of drug-likeness (QED) is 0.872. The molecule has 4 heteroatoms. The molecular weight excluding hydrogens is 298 g/mol. The number of aryl methyl sites for hydroxylation is 1. The molecule has 2 aromatic rings. The summed E-state index contributed by atoms with van der Waals surface area (Å²) in [6.07, 6.45) is 7.71. The van der Waals surface area contributed by atoms with Crippen LogP contribution in [-0.4, -0.2) is 33.9 Å². The van der Waals surface area contributed by atoms with Gasteiger partial charge in [-0.05, 0) is 38.2 Å². The van der Waals surface area contributed by atoms with Crippen LogP contribution in [0.25, 0.3) is 0 Å². The van der Waals surface area contributed by atoms with Gasteiger partial charge < -0.3 is 4.90 Å². The van der Waals surface area contributed by atoms with Crippen LogP contribution in [0.3, 0.4) is 0 Å². The summed E-state index contributed by atoms with van der Waals surface area (Å²) in [5.74, 6) is 0.612. The van der Waals surface area contributed by atoms with Gasteiger partial charge in [0.25, 0.3) is 0 Å². The average Bonchev–Trinajstić information content (AvgIpc) is 3.44. The van der Waals surface area contributed by atoms with Crippen molar-refractivity contribution in [2.45, 2.75) is 43.9 Å². The number of carbonyl (C=O) groups excluding carboxylic acids is 1. The molecule has 2 heterocycles. The molecule has 1 saturated carbocycles. The summed E-state index contributed by atoms with van der Waals surface area (Å²) in [6, 6.07) is 10.3. The smallest absolute Gasteiger partial charge is 0.233 e. The molecule has 1 aliphatic heterocycles. The fourth-order valence-electron chi connectivity index (χ4n) is 3.89. The number of rotatable bonds is 3. The number of piperidine rings is 1. The number of aromatic nitrogens is 2. The van der Waals surface area contributed by atoms with Crippen LogP contribution in [0.5, 0.6) is 0 Å². The summed E-state index contributed by atoms with van der Waals surface area (Å²) in [6.45, 7) is 3.60. The molecule has 0 spiro atoms. The Hall–Kier alpha value is -2.23. The Morgan fingerprint density at radius 2 is 2.00 bits per heavy atom. The highest BCUT2D eigenvalue weighted by molar-refractivity contribution is 5.91. The fourth-order valence-corrected chi connectivity index (χ4v) is 3.89. The van der Waals surface area contributed by atoms with Crippen molar-refractivity contribution in [3.05, 3.63) is 59.7 Å². The maximum atomic E-state index is 13.2. The lowest BCUT2D eigenvalue weighted by atomic mass is 9.90. The molecule has 124 valence electrons. The molecule has 1 aromatic carbocycles. The van der Waals surface area contributed by atoms with Crippen molar-refractivity contribution in [1.82, 2.24) is 14.9 Å². The van der Waals surface area contributed by atoms with Crippen LogP contribution >= 0.6 is 0 Å². The van der Waals surface area contributed by atoms with E-state index < -0.39 is 0 Å². The van der Waals surface area contributed by atoms with Crippen molar-refractivity contribution in [1.29, 1.82) is 0 Å². The van der Waals surface area contributed by atoms with E-state index in [4.69, 9.17) is 0 Å². The van der Waals surface area contributed by atoms with Crippen molar-refractivity contribution < 1.29 is 4.79 Å². The molecule has 1 amide bonds. The molecule has 2 fully saturated rings. The third-order valence-electron chi connectivity index (χ3n) is 5.39. The molecule has 4 nitrogen and oxygen atoms in total. The van der Waals surface area contributed by atoms with E-state index in [1.54, 1.807) is 6.20 Å². The maximum Gasteiger partial charge on any atom is 0.233 e. The summed E-state index contributed by atoms with van der Waals surface area (Å²) < 4.78 is 0. The molecule has 0 bridgehead atoms. The average molecular weight is 321 g/mol. The molecule has 1 saturated heterocycles. The summed E-state index contributed by atoms with van der Waals surface area (Å²) in [4.78, 5) is 24.2. The molecule has 4 rings (SSSR count). The minimum Gasteiger partial charge on any atom is -0.341 e. The second kappa shape index (κ2) is 6.00. The zero-order valence-electron chi connectivity index (χ0n) is 14.1. The standard InChI is InChI=1S/C20H23N3O/c1-15-12-21-13-18(22-15)16-6-5-11-23(14-16)19(24)20(9-10-20)17-7-3-2-4-8-17/h2-4,7-8,12-13,16H,5-6,9-11,14H2,1H3/t16-/m1/s1. The molecule has 0 N–H and O–H groups in total. The fraction of sp³-hybridized carbons (Fsp3) is 0.450. The zero-order chi connectivity index (χ0) is 16.6. The number of hydrogen-bond acceptors (Lipinski definition) is 3. The van der Waals surface area contributed by atoms with Gasteiger partial charge in [0.2, 0.25) is 5.91 Å². The van der Waals surface area contributed by atoms with Gasteiger partial charge in [0, 0.05) is 31.4 Å². The predicted molar refractivity (Wildman–Crippen MR) is 92.7 cm³/mol. The predicted octanol–water partition coefficient (Wildman–Crippen LogP) is 3.22. The molecular formula is C20H23N3O. The van der Waals surface area contributed by atoms with Crippen molar-refractivity contribution >= 4 is 5.91 Å². The second-order valence-corrected chi connectivity index (χ2v) is 7.12. The van der Waals surface area contributed by atoms with Crippen molar-refractivity contribution in [2.24, 2.45) is 0 Å². The second-order valence-electron chi connectivity index (χ2n) is 7.12. The van der Waals surface area contributed by atoms with Crippen LogP contribution in [0.1, 0.15) is 48.6 Å². The largest absolute Gasteiger partial charge is 0.341 e. The van der Waals surface area contributed by atoms with E-state index in [0.29, 0.717) is 11.8 Å². The van der Waals surface area contributed by atoms with Gasteiger partial charge in [0.05, 0.1) is 16.8 Å². The number of benzene rings is 1. The molecule has 0 unspecified atom stereocenters. The number of hydrogen-bond donors (Lipinski definition) is 0. The number of amides is 1. The summed E-state index contributed by atoms with van der Waals surface area (Å²) >= 11 is 0. The van der Waals surface area contributed by atoms with Crippen LogP contribution in [0, 0.1) is 6.92 Å². The van der Waals surface area contributed by atoms with Gasteiger partial charge in [-0.25, -0.2) is 0 Å². The highest BCUT2D eigenvalue weighted by Crippen LogP contribution is 2.50. The lowest BCUT2D eigenvalue weighted by Gasteiger charge is -2.35. The van der Waals surface area contributed by atoms with Gasteiger partial charge in [0.1, 0.15) is 0 Å². The van der Waals surface area contributed by atoms with E-state index in [0.717, 1.165) is 50.2 Å². The Bertz CT molecular complexity index is 740. The minimum atomic E-state index is -0.262. The van der Waals surface area contributed by atoms with E-state index in [1.165, 1.54) is 5.56 Å². The van der Waals surface area contributed by atoms with E-state index in [-0.39, 0.29) is 5.41 Å². The first-order valence-electron chi connectivity index (χ1n) is 8.82. The molecule has 1 aliphatic carbocycles. The Balaban J connectivity index is 1.53. The van der Waals surface area contributed by atoms with Gasteiger partial charge >= 0.3 is 0 Å². The zero-order valence-corrected chi connectivity index (χ0v) is 14.1. The van der Waals surface area contributed by atoms with E-state index in [1.807, 2.05) is 31.3 Å². The normalized spacial score (nSPS) is 22.2. The van der Waals surface area contributed by atoms with Gasteiger partial charge in [-0.2, -0.15) is 0 Å². The first kappa shape index (κ1) is 15.3. The number of carbonyl (C=O) groups is 1. The van der Waals surface area contributed by atoms with Gasteiger partial charge in [-0.1, -0.05) is 30.3 Å². The van der Waals surface area contributed by atoms with E-state index in [9.17, 15) is 4.79 Å². The maximum absolute atomic E-state index is 13.2. The Morgan fingerprint density at radius 3 is 2.71 bits per heavy atom. The van der Waals surface area contributed by atoms with Crippen LogP contribution in [0.2, 0.25) is 0 Å². The molecule has 24 heavy (non-hydrogen) atoms. The number of nitrogens with zero attached hydrogens (tertiary/aromatic N) is 3. The summed E-state index contributed by atoms with van der Waals surface area (Å²) in [7, 11) is 0. The number of likely N-dealkylation sites (tertiary alicyclic amines) is 1. The SMILES string of the molecule is Cc1cncc([C@@H]2CCCN(C(=O)C3(c4ccccc4)CC3)C2)n1. The molecule has 2 aliphatic rings. The highest BCUT2D eigenvalue weighted by atomic mass is 16.2. The molecule has 1 aromatic heterocycles. The van der Waals surface area contributed by atoms with Gasteiger partial charge in [-0.15, -0.1) is 0 Å². The summed E-state index contributed by atoms with van der Waals surface area (Å²) in [5, 5.41) is 0. The first-order chi connectivity index (χ1) is 11.7. The third-order valence-corrected chi connectivity index (χ3v) is 5.39. The van der Waals surface area contributed by atoms with Gasteiger partial charge in [0.15, 0.2) is 0 Å². The highest BCUT2D eigenvalue weighted by Gasteiger charge is 2.53. The summed E-state index contributed by atoms with van der Waals surface area (Å²) in [5.41, 5.74) is 2.88. The van der Waals surface area contributed by atoms with Crippen molar-refractivity contribution in [3.63, 3.8) is 0 Å². The topological polar surface area (TPSA) is 46.1 Å². The van der Waals surface area contributed by atoms with Crippen molar-refractivity contribution in [3.8, 4) is 0 Å². The lowest BCUT2D eigenvalue weighted by molar-refractivity contribution is -0.135. The van der Waals surface area contributed by atoms with Crippen LogP contribution in [-0.2, 0) is 10.2 Å². The minimum absolute atomic E-state index is 0.262. The van der Waals surface area contributed by atoms with Crippen molar-refractivity contribution in [2.75, 3.05) is 13.1 Å². The van der Waals surface area contributed by atoms with E-state index >= 15 is 0 Å². The molecule has 0 radical (unpaired) electrons. The molecule has 1 atom stereocenters. The Kier molecular flexibility index (Phi) is 3.83. The monoisotopic (exact) mass is 321 g/mol. The third kappa shape index (κ3) is 2.70. The van der Waals surface area contributed by atoms with Crippen LogP contribution in [0.4, 0.5) is 0 Å². The Labute approximate surface area is 142 Å². The van der Waals surface area contributed by atoms with E-state index in [2.05, 4.69) is 27.0 Å². The first-order valence-corrected chi connectivity index (χ1v) is 8.82.